The second-order valence-corrected chi connectivity index (χ2v) is 11.2. The fraction of sp³-hybridized carbons (Fsp3) is 0.0800. The number of carbonyl (C=O) groups excluding carboxylic acids is 1. The number of amidine groups is 1. The van der Waals surface area contributed by atoms with Crippen LogP contribution in [0.1, 0.15) is 21.5 Å². The number of benzene rings is 3. The maximum atomic E-state index is 12.8. The van der Waals surface area contributed by atoms with Gasteiger partial charge in [-0.25, -0.2) is 9.79 Å². The maximum absolute atomic E-state index is 12.8. The molecule has 1 saturated heterocycles. The molecule has 10 heteroatoms. The van der Waals surface area contributed by atoms with Crippen molar-refractivity contribution in [3.8, 4) is 5.75 Å². The second-order valence-electron chi connectivity index (χ2n) is 7.41. The van der Waals surface area contributed by atoms with Crippen LogP contribution in [-0.2, 0) is 11.4 Å². The minimum atomic E-state index is -0.999. The van der Waals surface area contributed by atoms with E-state index in [4.69, 9.17) is 21.4 Å². The zero-order valence-electron chi connectivity index (χ0n) is 18.2. The van der Waals surface area contributed by atoms with Gasteiger partial charge in [0, 0.05) is 17.6 Å². The molecule has 0 aromatic heterocycles. The highest BCUT2D eigenvalue weighted by atomic mass is 127. The topological polar surface area (TPSA) is 79.2 Å². The Kier molecular flexibility index (Phi) is 8.40. The lowest BCUT2D eigenvalue weighted by molar-refractivity contribution is -0.121. The van der Waals surface area contributed by atoms with Gasteiger partial charge in [0.05, 0.1) is 23.3 Å². The molecule has 0 aliphatic carbocycles. The number of carboxylic acid groups (broad SMARTS) is 1. The highest BCUT2D eigenvalue weighted by molar-refractivity contribution is 14.1. The van der Waals surface area contributed by atoms with E-state index in [2.05, 4.69) is 50.2 Å². The molecule has 0 unspecified atom stereocenters. The van der Waals surface area contributed by atoms with E-state index in [1.807, 2.05) is 42.5 Å². The molecule has 0 bridgehead atoms. The number of amides is 1. The van der Waals surface area contributed by atoms with Crippen LogP contribution >= 0.6 is 68.5 Å². The van der Waals surface area contributed by atoms with Crippen LogP contribution in [0, 0.1) is 7.14 Å². The van der Waals surface area contributed by atoms with Crippen molar-refractivity contribution in [2.75, 3.05) is 7.05 Å². The van der Waals surface area contributed by atoms with Gasteiger partial charge in [0.25, 0.3) is 5.91 Å². The third-order valence-electron chi connectivity index (χ3n) is 4.99. The summed E-state index contributed by atoms with van der Waals surface area (Å²) >= 11 is 12.0. The van der Waals surface area contributed by atoms with Crippen LogP contribution < -0.4 is 4.74 Å². The van der Waals surface area contributed by atoms with Crippen LogP contribution in [0.3, 0.4) is 0 Å². The Morgan fingerprint density at radius 2 is 1.80 bits per heavy atom. The molecule has 3 aromatic carbocycles. The molecule has 1 N–H and O–H groups in total. The molecule has 178 valence electrons. The molecule has 1 aliphatic heterocycles. The van der Waals surface area contributed by atoms with E-state index in [9.17, 15) is 9.59 Å². The lowest BCUT2D eigenvalue weighted by atomic mass is 10.2. The van der Waals surface area contributed by atoms with Gasteiger partial charge in [-0.05, 0) is 111 Å². The summed E-state index contributed by atoms with van der Waals surface area (Å²) in [6.07, 6.45) is 1.84. The van der Waals surface area contributed by atoms with Crippen LogP contribution in [0.5, 0.6) is 5.75 Å². The maximum Gasteiger partial charge on any atom is 0.335 e. The zero-order valence-corrected chi connectivity index (χ0v) is 24.1. The van der Waals surface area contributed by atoms with Gasteiger partial charge < -0.3 is 9.84 Å². The van der Waals surface area contributed by atoms with E-state index in [1.165, 1.54) is 28.8 Å². The first kappa shape index (κ1) is 26.0. The van der Waals surface area contributed by atoms with Gasteiger partial charge in [0.15, 0.2) is 5.17 Å². The van der Waals surface area contributed by atoms with Crippen molar-refractivity contribution in [2.24, 2.45) is 4.99 Å². The molecule has 1 fully saturated rings. The summed E-state index contributed by atoms with van der Waals surface area (Å²) in [4.78, 5) is 30.4. The molecule has 1 amide bonds. The summed E-state index contributed by atoms with van der Waals surface area (Å²) < 4.78 is 7.89. The Labute approximate surface area is 238 Å². The number of halogens is 3. The summed E-state index contributed by atoms with van der Waals surface area (Å²) in [6, 6.07) is 17.7. The SMILES string of the molecule is CN1C(=O)/C(=C/c2cc(I)c(OCc3ccccc3Cl)c(I)c2)SC1=Nc1ccc(C(=O)O)cc1. The van der Waals surface area contributed by atoms with E-state index >= 15 is 0 Å². The van der Waals surface area contributed by atoms with Gasteiger partial charge in [-0.3, -0.25) is 9.69 Å². The standard InChI is InChI=1S/C25H17ClI2N2O4S/c1-30-23(31)21(35-25(30)29-17-8-6-15(7-9-17)24(32)33)12-14-10-19(27)22(20(28)11-14)34-13-16-4-2-3-5-18(16)26/h2-12H,13H2,1H3,(H,32,33)/b21-12-,29-25?. The molecule has 3 aromatic rings. The van der Waals surface area contributed by atoms with Crippen LogP contribution in [0.25, 0.3) is 6.08 Å². The normalized spacial score (nSPS) is 15.8. The quantitative estimate of drug-likeness (QED) is 0.217. The molecule has 4 rings (SSSR count). The van der Waals surface area contributed by atoms with Crippen molar-refractivity contribution in [3.63, 3.8) is 0 Å². The third kappa shape index (κ3) is 6.19. The number of likely N-dealkylation sites (N-methyl/N-ethyl adjacent to an activating group) is 1. The second kappa shape index (κ2) is 11.3. The predicted octanol–water partition coefficient (Wildman–Crippen LogP) is 7.06. The van der Waals surface area contributed by atoms with Crippen molar-refractivity contribution >= 4 is 97.4 Å². The van der Waals surface area contributed by atoms with E-state index in [0.717, 1.165) is 24.0 Å². The van der Waals surface area contributed by atoms with Crippen molar-refractivity contribution in [3.05, 3.63) is 94.4 Å². The number of carbonyl (C=O) groups is 2. The Bertz CT molecular complexity index is 1350. The Balaban J connectivity index is 1.53. The first-order valence-corrected chi connectivity index (χ1v) is 13.5. The number of carboxylic acids is 1. The number of aromatic carboxylic acids is 1. The molecular weight excluding hydrogens is 714 g/mol. The number of aliphatic imine (C=N–C) groups is 1. The lowest BCUT2D eigenvalue weighted by Crippen LogP contribution is -2.23. The summed E-state index contributed by atoms with van der Waals surface area (Å²) in [5.41, 5.74) is 2.54. The Hall–Kier alpha value is -2.09. The van der Waals surface area contributed by atoms with E-state index < -0.39 is 5.97 Å². The number of hydrogen-bond acceptors (Lipinski definition) is 5. The van der Waals surface area contributed by atoms with Gasteiger partial charge in [-0.1, -0.05) is 29.8 Å². The largest absolute Gasteiger partial charge is 0.487 e. The highest BCUT2D eigenvalue weighted by Crippen LogP contribution is 2.35. The van der Waals surface area contributed by atoms with E-state index in [-0.39, 0.29) is 11.5 Å². The molecule has 0 atom stereocenters. The van der Waals surface area contributed by atoms with Gasteiger partial charge in [-0.2, -0.15) is 0 Å². The molecule has 1 aliphatic rings. The number of hydrogen-bond donors (Lipinski definition) is 1. The molecule has 0 saturated carbocycles. The zero-order chi connectivity index (χ0) is 25.1. The summed E-state index contributed by atoms with van der Waals surface area (Å²) in [6.45, 7) is 0.360. The van der Waals surface area contributed by atoms with Gasteiger partial charge in [0.1, 0.15) is 12.4 Å². The predicted molar refractivity (Wildman–Crippen MR) is 156 cm³/mol. The van der Waals surface area contributed by atoms with Crippen molar-refractivity contribution in [2.45, 2.75) is 6.61 Å². The molecule has 6 nitrogen and oxygen atoms in total. The number of thioether (sulfide) groups is 1. The fourth-order valence-electron chi connectivity index (χ4n) is 3.16. The van der Waals surface area contributed by atoms with Crippen molar-refractivity contribution in [1.29, 1.82) is 0 Å². The number of nitrogens with zero attached hydrogens (tertiary/aromatic N) is 2. The van der Waals surface area contributed by atoms with Crippen LogP contribution in [0.15, 0.2) is 70.6 Å². The minimum absolute atomic E-state index is 0.153. The molecule has 0 spiro atoms. The number of rotatable bonds is 6. The van der Waals surface area contributed by atoms with Crippen molar-refractivity contribution < 1.29 is 19.4 Å². The third-order valence-corrected chi connectivity index (χ3v) is 8.02. The first-order chi connectivity index (χ1) is 16.7. The molecular formula is C25H17ClI2N2O4S. The van der Waals surface area contributed by atoms with Gasteiger partial charge in [0.2, 0.25) is 0 Å². The van der Waals surface area contributed by atoms with E-state index in [1.54, 1.807) is 19.2 Å². The van der Waals surface area contributed by atoms with Gasteiger partial charge >= 0.3 is 5.97 Å². The number of ether oxygens (including phenoxy) is 1. The van der Waals surface area contributed by atoms with Crippen LogP contribution in [0.2, 0.25) is 5.02 Å². The average molecular weight is 731 g/mol. The fourth-order valence-corrected chi connectivity index (χ4v) is 6.46. The smallest absolute Gasteiger partial charge is 0.335 e. The van der Waals surface area contributed by atoms with Crippen LogP contribution in [0.4, 0.5) is 5.69 Å². The van der Waals surface area contributed by atoms with Gasteiger partial charge in [-0.15, -0.1) is 0 Å². The Morgan fingerprint density at radius 3 is 2.43 bits per heavy atom. The van der Waals surface area contributed by atoms with E-state index in [0.29, 0.717) is 27.4 Å². The highest BCUT2D eigenvalue weighted by Gasteiger charge is 2.30. The average Bonchev–Trinajstić information content (AvgIpc) is 3.07. The summed E-state index contributed by atoms with van der Waals surface area (Å²) in [5.74, 6) is -0.385. The minimum Gasteiger partial charge on any atom is -0.487 e. The molecule has 0 radical (unpaired) electrons. The van der Waals surface area contributed by atoms with Crippen molar-refractivity contribution in [1.82, 2.24) is 4.90 Å². The monoisotopic (exact) mass is 730 g/mol. The summed E-state index contributed by atoms with van der Waals surface area (Å²) in [5, 5.41) is 10.2. The van der Waals surface area contributed by atoms with Crippen LogP contribution in [-0.4, -0.2) is 34.1 Å². The molecule has 1 heterocycles. The Morgan fingerprint density at radius 1 is 1.14 bits per heavy atom. The first-order valence-electron chi connectivity index (χ1n) is 10.2. The molecule has 35 heavy (non-hydrogen) atoms. The summed E-state index contributed by atoms with van der Waals surface area (Å²) in [7, 11) is 1.67. The lowest BCUT2D eigenvalue weighted by Gasteiger charge is -2.12.